The second-order valence-corrected chi connectivity index (χ2v) is 6.70. The lowest BCUT2D eigenvalue weighted by Gasteiger charge is -2.20. The second kappa shape index (κ2) is 11.8. The van der Waals surface area contributed by atoms with Crippen molar-refractivity contribution in [3.05, 3.63) is 42.5 Å². The molecule has 1 aromatic carbocycles. The third-order valence-corrected chi connectivity index (χ3v) is 4.33. The van der Waals surface area contributed by atoms with Gasteiger partial charge in [-0.05, 0) is 12.5 Å². The van der Waals surface area contributed by atoms with E-state index in [0.29, 0.717) is 13.2 Å². The molecule has 6 nitrogen and oxygen atoms in total. The lowest BCUT2D eigenvalue weighted by atomic mass is 10.2. The van der Waals surface area contributed by atoms with E-state index in [2.05, 4.69) is 22.2 Å². The number of carbonyl (C=O) groups excluding carboxylic acids is 1. The Kier molecular flexibility index (Phi) is 10.2. The summed E-state index contributed by atoms with van der Waals surface area (Å²) in [5.41, 5.74) is 1.06. The van der Waals surface area contributed by atoms with E-state index in [-0.39, 0.29) is 41.8 Å². The third-order valence-electron chi connectivity index (χ3n) is 4.33. The first-order chi connectivity index (χ1) is 12.5. The van der Waals surface area contributed by atoms with Crippen molar-refractivity contribution in [2.24, 2.45) is 10.9 Å². The minimum absolute atomic E-state index is 0. The fourth-order valence-electron chi connectivity index (χ4n) is 2.95. The van der Waals surface area contributed by atoms with Crippen LogP contribution < -0.4 is 15.4 Å². The van der Waals surface area contributed by atoms with E-state index >= 15 is 0 Å². The van der Waals surface area contributed by atoms with Crippen LogP contribution in [0.4, 0.5) is 0 Å². The van der Waals surface area contributed by atoms with Crippen LogP contribution >= 0.6 is 24.0 Å². The topological polar surface area (TPSA) is 66.0 Å². The Morgan fingerprint density at radius 1 is 1.44 bits per heavy atom. The van der Waals surface area contributed by atoms with E-state index in [1.807, 2.05) is 43.0 Å². The number of rotatable bonds is 7. The van der Waals surface area contributed by atoms with Gasteiger partial charge in [0, 0.05) is 44.2 Å². The summed E-state index contributed by atoms with van der Waals surface area (Å²) in [5, 5.41) is 6.74. The molecule has 0 aliphatic carbocycles. The van der Waals surface area contributed by atoms with E-state index in [9.17, 15) is 4.79 Å². The average molecular weight is 486 g/mol. The number of likely N-dealkylation sites (tertiary alicyclic amines) is 1. The first-order valence-electron chi connectivity index (χ1n) is 9.12. The summed E-state index contributed by atoms with van der Waals surface area (Å²) < 4.78 is 5.69. The van der Waals surface area contributed by atoms with Gasteiger partial charge in [0.2, 0.25) is 5.91 Å². The van der Waals surface area contributed by atoms with E-state index in [1.54, 1.807) is 13.1 Å². The summed E-state index contributed by atoms with van der Waals surface area (Å²) in [6, 6.07) is 8.13. The highest BCUT2D eigenvalue weighted by molar-refractivity contribution is 14.0. The van der Waals surface area contributed by atoms with E-state index < -0.39 is 0 Å². The molecule has 1 aliphatic heterocycles. The van der Waals surface area contributed by atoms with Crippen molar-refractivity contribution in [1.82, 2.24) is 15.5 Å². The van der Waals surface area contributed by atoms with Crippen LogP contribution in [0.3, 0.4) is 0 Å². The Morgan fingerprint density at radius 2 is 2.19 bits per heavy atom. The molecule has 0 spiro atoms. The van der Waals surface area contributed by atoms with Gasteiger partial charge in [0.05, 0.1) is 0 Å². The number of hydrogen-bond donors (Lipinski definition) is 2. The van der Waals surface area contributed by atoms with Gasteiger partial charge in [-0.15, -0.1) is 24.0 Å². The van der Waals surface area contributed by atoms with Crippen molar-refractivity contribution in [3.8, 4) is 5.75 Å². The number of benzene rings is 1. The molecular weight excluding hydrogens is 455 g/mol. The Balaban J connectivity index is 0.00000364. The van der Waals surface area contributed by atoms with Crippen LogP contribution in [0.15, 0.2) is 41.9 Å². The number of halogens is 1. The number of ether oxygens (including phenoxy) is 1. The number of hydrogen-bond acceptors (Lipinski definition) is 3. The molecule has 0 saturated carbocycles. The Labute approximate surface area is 179 Å². The highest BCUT2D eigenvalue weighted by atomic mass is 127. The van der Waals surface area contributed by atoms with Crippen molar-refractivity contribution < 1.29 is 9.53 Å². The molecule has 1 heterocycles. The number of aliphatic imine (C=N–C) groups is 1. The predicted molar refractivity (Wildman–Crippen MR) is 121 cm³/mol. The third kappa shape index (κ3) is 7.04. The number of para-hydroxylation sites is 1. The quantitative estimate of drug-likeness (QED) is 0.269. The van der Waals surface area contributed by atoms with Crippen LogP contribution in [0.1, 0.15) is 25.8 Å². The van der Waals surface area contributed by atoms with Gasteiger partial charge in [-0.2, -0.15) is 0 Å². The zero-order chi connectivity index (χ0) is 18.9. The molecule has 150 valence electrons. The van der Waals surface area contributed by atoms with Gasteiger partial charge >= 0.3 is 0 Å². The van der Waals surface area contributed by atoms with Crippen LogP contribution in [0.5, 0.6) is 5.75 Å². The first kappa shape index (κ1) is 23.3. The molecule has 1 amide bonds. The van der Waals surface area contributed by atoms with Gasteiger partial charge in [-0.1, -0.05) is 44.7 Å². The molecule has 1 atom stereocenters. The minimum atomic E-state index is 0. The molecular formula is C20H31IN4O2. The Bertz CT molecular complexity index is 649. The Hall–Kier alpha value is -1.77. The van der Waals surface area contributed by atoms with Crippen molar-refractivity contribution in [2.75, 3.05) is 26.7 Å². The van der Waals surface area contributed by atoms with Crippen LogP contribution in [0, 0.1) is 5.92 Å². The van der Waals surface area contributed by atoms with Crippen molar-refractivity contribution in [2.45, 2.75) is 32.9 Å². The summed E-state index contributed by atoms with van der Waals surface area (Å²) in [4.78, 5) is 18.3. The number of amides is 1. The number of guanidine groups is 1. The highest BCUT2D eigenvalue weighted by Crippen LogP contribution is 2.18. The standard InChI is InChI=1S/C20H30N4O2.HI/c1-5-12-26-18-9-7-6-8-16(18)13-22-20(21-4)23-17-10-11-24(14-17)19(25)15(2)3;/h5-9,15,17H,1,10-14H2,2-4H3,(H2,21,22,23);1H. The van der Waals surface area contributed by atoms with Crippen molar-refractivity contribution >= 4 is 35.8 Å². The molecule has 1 unspecified atom stereocenters. The van der Waals surface area contributed by atoms with Crippen LogP contribution in [-0.2, 0) is 11.3 Å². The van der Waals surface area contributed by atoms with E-state index in [0.717, 1.165) is 36.8 Å². The fraction of sp³-hybridized carbons (Fsp3) is 0.500. The van der Waals surface area contributed by atoms with Gasteiger partial charge < -0.3 is 20.3 Å². The number of nitrogens with one attached hydrogen (secondary N) is 2. The maximum absolute atomic E-state index is 12.1. The van der Waals surface area contributed by atoms with E-state index in [1.165, 1.54) is 0 Å². The summed E-state index contributed by atoms with van der Waals surface area (Å²) in [6.45, 7) is 10.2. The zero-order valence-electron chi connectivity index (χ0n) is 16.4. The Morgan fingerprint density at radius 3 is 2.85 bits per heavy atom. The molecule has 2 rings (SSSR count). The maximum atomic E-state index is 12.1. The first-order valence-corrected chi connectivity index (χ1v) is 9.12. The maximum Gasteiger partial charge on any atom is 0.225 e. The van der Waals surface area contributed by atoms with Crippen molar-refractivity contribution in [3.63, 3.8) is 0 Å². The van der Waals surface area contributed by atoms with Crippen molar-refractivity contribution in [1.29, 1.82) is 0 Å². The normalized spacial score (nSPS) is 16.7. The molecule has 1 aliphatic rings. The summed E-state index contributed by atoms with van der Waals surface area (Å²) in [6.07, 6.45) is 2.66. The molecule has 7 heteroatoms. The lowest BCUT2D eigenvalue weighted by molar-refractivity contribution is -0.133. The fourth-order valence-corrected chi connectivity index (χ4v) is 2.95. The summed E-state index contributed by atoms with van der Waals surface area (Å²) in [5.74, 6) is 1.82. The van der Waals surface area contributed by atoms with E-state index in [4.69, 9.17) is 4.74 Å². The molecule has 1 saturated heterocycles. The van der Waals surface area contributed by atoms with Crippen LogP contribution in [0.2, 0.25) is 0 Å². The molecule has 27 heavy (non-hydrogen) atoms. The SMILES string of the molecule is C=CCOc1ccccc1CNC(=NC)NC1CCN(C(=O)C(C)C)C1.I. The predicted octanol–water partition coefficient (Wildman–Crippen LogP) is 2.79. The van der Waals surface area contributed by atoms with Gasteiger partial charge in [-0.3, -0.25) is 9.79 Å². The van der Waals surface area contributed by atoms with Gasteiger partial charge in [0.1, 0.15) is 12.4 Å². The molecule has 0 aromatic heterocycles. The number of nitrogens with zero attached hydrogens (tertiary/aromatic N) is 2. The molecule has 1 aromatic rings. The monoisotopic (exact) mass is 486 g/mol. The molecule has 2 N–H and O–H groups in total. The summed E-state index contributed by atoms with van der Waals surface area (Å²) in [7, 11) is 1.75. The van der Waals surface area contributed by atoms with Gasteiger partial charge in [0.15, 0.2) is 5.96 Å². The van der Waals surface area contributed by atoms with Gasteiger partial charge in [0.25, 0.3) is 0 Å². The second-order valence-electron chi connectivity index (χ2n) is 6.70. The zero-order valence-corrected chi connectivity index (χ0v) is 18.7. The average Bonchev–Trinajstić information content (AvgIpc) is 3.11. The minimum Gasteiger partial charge on any atom is -0.489 e. The largest absolute Gasteiger partial charge is 0.489 e. The smallest absolute Gasteiger partial charge is 0.225 e. The van der Waals surface area contributed by atoms with Gasteiger partial charge in [-0.25, -0.2) is 0 Å². The lowest BCUT2D eigenvalue weighted by Crippen LogP contribution is -2.45. The summed E-state index contributed by atoms with van der Waals surface area (Å²) >= 11 is 0. The molecule has 0 radical (unpaired) electrons. The number of carbonyl (C=O) groups is 1. The molecule has 1 fully saturated rings. The highest BCUT2D eigenvalue weighted by Gasteiger charge is 2.27. The van der Waals surface area contributed by atoms with Crippen LogP contribution in [0.25, 0.3) is 0 Å². The molecule has 0 bridgehead atoms. The van der Waals surface area contributed by atoms with Crippen LogP contribution in [-0.4, -0.2) is 49.6 Å².